The monoisotopic (exact) mass is 717 g/mol. The van der Waals surface area contributed by atoms with Gasteiger partial charge < -0.3 is 15.4 Å². The zero-order valence-corrected chi connectivity index (χ0v) is 26.7. The highest BCUT2D eigenvalue weighted by Gasteiger charge is 2.62. The summed E-state index contributed by atoms with van der Waals surface area (Å²) in [6.07, 6.45) is -11.6. The maximum absolute atomic E-state index is 13.7. The van der Waals surface area contributed by atoms with Crippen LogP contribution < -0.4 is 10.6 Å². The summed E-state index contributed by atoms with van der Waals surface area (Å²) in [5, 5.41) is 8.20. The van der Waals surface area contributed by atoms with E-state index in [0.29, 0.717) is 6.61 Å². The number of alkyl halides is 8. The quantitative estimate of drug-likeness (QED) is 0.154. The lowest BCUT2D eigenvalue weighted by Gasteiger charge is -2.27. The number of anilines is 1. The summed E-state index contributed by atoms with van der Waals surface area (Å²) in [6, 6.07) is 17.3. The average molecular weight is 718 g/mol. The van der Waals surface area contributed by atoms with Crippen molar-refractivity contribution >= 4 is 29.1 Å². The highest BCUT2D eigenvalue weighted by atomic mass is 35.5. The highest BCUT2D eigenvalue weighted by molar-refractivity contribution is 6.35. The van der Waals surface area contributed by atoms with Crippen LogP contribution in [-0.4, -0.2) is 44.9 Å². The number of aromatic nitrogens is 3. The van der Waals surface area contributed by atoms with Crippen molar-refractivity contribution in [1.82, 2.24) is 20.1 Å². The summed E-state index contributed by atoms with van der Waals surface area (Å²) in [7, 11) is 0. The summed E-state index contributed by atoms with van der Waals surface area (Å²) in [5.41, 5.74) is 0.229. The van der Waals surface area contributed by atoms with Crippen molar-refractivity contribution in [3.8, 4) is 0 Å². The van der Waals surface area contributed by atoms with E-state index in [2.05, 4.69) is 20.7 Å². The number of halogens is 9. The maximum Gasteiger partial charge on any atom is 0.461 e. The van der Waals surface area contributed by atoms with Gasteiger partial charge in [-0.1, -0.05) is 60.1 Å². The number of nitrogens with zero attached hydrogens (tertiary/aromatic N) is 3. The lowest BCUT2D eigenvalue weighted by atomic mass is 10.0. The molecule has 1 aromatic heterocycles. The molecular weight excluding hydrogens is 690 g/mol. The van der Waals surface area contributed by atoms with E-state index < -0.39 is 53.8 Å². The number of ether oxygens (including phenoxy) is 1. The molecule has 0 aliphatic heterocycles. The van der Waals surface area contributed by atoms with Crippen LogP contribution in [0.2, 0.25) is 5.02 Å². The van der Waals surface area contributed by atoms with E-state index >= 15 is 0 Å². The molecule has 17 heteroatoms. The molecule has 0 radical (unpaired) electrons. The Balaban J connectivity index is 1.50. The molecule has 3 aromatic carbocycles. The first-order valence-corrected chi connectivity index (χ1v) is 14.7. The largest absolute Gasteiger partial charge is 0.461 e. The number of aryl methyl sites for hydroxylation is 1. The van der Waals surface area contributed by atoms with Crippen LogP contribution in [0, 0.1) is 6.92 Å². The Bertz CT molecular complexity index is 1830. The van der Waals surface area contributed by atoms with Gasteiger partial charge in [-0.15, -0.1) is 5.10 Å². The van der Waals surface area contributed by atoms with Crippen LogP contribution in [0.4, 0.5) is 40.8 Å². The zero-order valence-electron chi connectivity index (χ0n) is 25.9. The van der Waals surface area contributed by atoms with E-state index in [-0.39, 0.29) is 44.3 Å². The minimum Gasteiger partial charge on any atom is -0.374 e. The maximum atomic E-state index is 13.7. The van der Waals surface area contributed by atoms with Crippen molar-refractivity contribution in [3.63, 3.8) is 0 Å². The van der Waals surface area contributed by atoms with Gasteiger partial charge >= 0.3 is 18.3 Å². The van der Waals surface area contributed by atoms with Gasteiger partial charge in [0.15, 0.2) is 0 Å². The lowest BCUT2D eigenvalue weighted by Crippen LogP contribution is -2.47. The van der Waals surface area contributed by atoms with Crippen LogP contribution in [0.5, 0.6) is 0 Å². The normalized spacial score (nSPS) is 12.6. The molecule has 0 saturated heterocycles. The van der Waals surface area contributed by atoms with Crippen molar-refractivity contribution in [2.24, 2.45) is 0 Å². The molecule has 262 valence electrons. The van der Waals surface area contributed by atoms with Gasteiger partial charge in [0.1, 0.15) is 0 Å². The van der Waals surface area contributed by atoms with Crippen molar-refractivity contribution in [2.75, 3.05) is 11.9 Å². The number of carbonyl (C=O) groups excluding carboxylic acids is 2. The topological polar surface area (TPSA) is 98.1 Å². The third-order valence-electron chi connectivity index (χ3n) is 6.95. The fraction of sp³-hybridized carbons (Fsp3) is 0.312. The highest BCUT2D eigenvalue weighted by Crippen LogP contribution is 2.43. The van der Waals surface area contributed by atoms with Gasteiger partial charge in [-0.2, -0.15) is 35.1 Å². The van der Waals surface area contributed by atoms with Crippen LogP contribution in [0.1, 0.15) is 62.9 Å². The molecule has 1 heterocycles. The Morgan fingerprint density at radius 2 is 1.55 bits per heavy atom. The third kappa shape index (κ3) is 8.92. The summed E-state index contributed by atoms with van der Waals surface area (Å²) in [4.78, 5) is 29.2. The van der Waals surface area contributed by atoms with Crippen LogP contribution in [0.15, 0.2) is 66.7 Å². The molecule has 0 spiro atoms. The summed E-state index contributed by atoms with van der Waals surface area (Å²) in [5.74, 6) is -11.6. The lowest BCUT2D eigenvalue weighted by molar-refractivity contribution is -0.292. The van der Waals surface area contributed by atoms with Gasteiger partial charge in [-0.25, -0.2) is 9.67 Å². The predicted octanol–water partition coefficient (Wildman–Crippen LogP) is 7.94. The number of benzene rings is 3. The molecule has 0 aliphatic rings. The fourth-order valence-electron chi connectivity index (χ4n) is 4.60. The number of rotatable bonds is 11. The second kappa shape index (κ2) is 14.1. The van der Waals surface area contributed by atoms with E-state index in [9.17, 15) is 44.7 Å². The first-order chi connectivity index (χ1) is 22.7. The molecule has 8 nitrogen and oxygen atoms in total. The summed E-state index contributed by atoms with van der Waals surface area (Å²) >= 11 is 6.34. The Labute approximate surface area is 279 Å². The average Bonchev–Trinajstić information content (AvgIpc) is 3.43. The number of hydrogen-bond acceptors (Lipinski definition) is 5. The molecule has 0 bridgehead atoms. The SMILES string of the molecule is Cc1cc(Cn2nc(C(F)(F)C(F)(F)F)nc2C(F)(F)F)ccc1NC(=O)c1cccc(Cl)c1C(=O)NC(C)(C)COCc1ccccc1. The molecule has 0 aliphatic carbocycles. The van der Waals surface area contributed by atoms with Crippen molar-refractivity contribution in [3.05, 3.63) is 111 Å². The second-order valence-corrected chi connectivity index (χ2v) is 12.0. The smallest absolute Gasteiger partial charge is 0.374 e. The minimum atomic E-state index is -6.23. The number of nitrogens with one attached hydrogen (secondary N) is 2. The van der Waals surface area contributed by atoms with Crippen molar-refractivity contribution in [2.45, 2.75) is 57.7 Å². The standard InChI is InChI=1S/C32H28ClF8N5O3/c1-18-14-20(15-46-28(31(36,37)38)43-27(45-46)30(34,35)32(39,40)41)12-13-23(18)42-25(47)21-10-7-11-22(33)24(21)26(48)44-29(2,3)17-49-16-19-8-5-4-6-9-19/h4-14H,15-17H2,1-3H3,(H,42,47)(H,44,48). The zero-order chi connectivity index (χ0) is 36.4. The van der Waals surface area contributed by atoms with E-state index in [1.54, 1.807) is 13.8 Å². The van der Waals surface area contributed by atoms with E-state index in [1.807, 2.05) is 30.3 Å². The number of carbonyl (C=O) groups is 2. The van der Waals surface area contributed by atoms with Crippen LogP contribution >= 0.6 is 11.6 Å². The molecular formula is C32H28ClF8N5O3. The minimum absolute atomic E-state index is 0.00677. The molecule has 0 atom stereocenters. The second-order valence-electron chi connectivity index (χ2n) is 11.6. The van der Waals surface area contributed by atoms with Crippen molar-refractivity contribution in [1.29, 1.82) is 0 Å². The number of hydrogen-bond donors (Lipinski definition) is 2. The molecule has 49 heavy (non-hydrogen) atoms. The van der Waals surface area contributed by atoms with E-state index in [4.69, 9.17) is 16.3 Å². The van der Waals surface area contributed by atoms with Gasteiger partial charge in [-0.3, -0.25) is 9.59 Å². The van der Waals surface area contributed by atoms with Crippen LogP contribution in [0.25, 0.3) is 0 Å². The molecule has 0 saturated carbocycles. The molecule has 4 aromatic rings. The molecule has 4 rings (SSSR count). The molecule has 0 unspecified atom stereocenters. The molecule has 2 N–H and O–H groups in total. The van der Waals surface area contributed by atoms with Gasteiger partial charge in [0.2, 0.25) is 11.6 Å². The number of amides is 2. The van der Waals surface area contributed by atoms with E-state index in [1.165, 1.54) is 43.3 Å². The first-order valence-electron chi connectivity index (χ1n) is 14.3. The summed E-state index contributed by atoms with van der Waals surface area (Å²) < 4.78 is 112. The first kappa shape index (κ1) is 37.3. The van der Waals surface area contributed by atoms with Gasteiger partial charge in [0.05, 0.1) is 41.4 Å². The van der Waals surface area contributed by atoms with Crippen LogP contribution in [0.3, 0.4) is 0 Å². The van der Waals surface area contributed by atoms with Gasteiger partial charge in [0, 0.05) is 5.69 Å². The Morgan fingerprint density at radius 1 is 0.878 bits per heavy atom. The van der Waals surface area contributed by atoms with Crippen molar-refractivity contribution < 1.29 is 49.4 Å². The Hall–Kier alpha value is -4.57. The third-order valence-corrected chi connectivity index (χ3v) is 7.26. The van der Waals surface area contributed by atoms with E-state index in [0.717, 1.165) is 5.56 Å². The summed E-state index contributed by atoms with van der Waals surface area (Å²) in [6.45, 7) is 4.44. The van der Waals surface area contributed by atoms with Gasteiger partial charge in [0.25, 0.3) is 11.8 Å². The van der Waals surface area contributed by atoms with Crippen LogP contribution in [-0.2, 0) is 30.0 Å². The Kier molecular flexibility index (Phi) is 10.7. The van der Waals surface area contributed by atoms with Gasteiger partial charge in [-0.05, 0) is 55.7 Å². The predicted molar refractivity (Wildman–Crippen MR) is 162 cm³/mol. The molecule has 0 fully saturated rings. The Morgan fingerprint density at radius 3 is 2.16 bits per heavy atom. The fourth-order valence-corrected chi connectivity index (χ4v) is 4.86. The molecule has 2 amide bonds.